The van der Waals surface area contributed by atoms with Crippen LogP contribution in [-0.4, -0.2) is 27.5 Å². The van der Waals surface area contributed by atoms with Gasteiger partial charge in [-0.3, -0.25) is 29.1 Å². The normalized spacial score (nSPS) is 21.3. The fourth-order valence-corrected chi connectivity index (χ4v) is 6.93. The Morgan fingerprint density at radius 1 is 1.06 bits per heavy atom. The third-order valence-electron chi connectivity index (χ3n) is 5.75. The number of rotatable bonds is 4. The van der Waals surface area contributed by atoms with Gasteiger partial charge in [-0.25, -0.2) is 4.39 Å². The minimum atomic E-state index is -0.736. The van der Waals surface area contributed by atoms with Gasteiger partial charge in [0.1, 0.15) is 17.6 Å². The lowest BCUT2D eigenvalue weighted by Crippen LogP contribution is -2.32. The summed E-state index contributed by atoms with van der Waals surface area (Å²) < 4.78 is 14.9. The van der Waals surface area contributed by atoms with Gasteiger partial charge in [0.15, 0.2) is 0 Å². The molecule has 7 nitrogen and oxygen atoms in total. The number of fused-ring (bicyclic) bond motifs is 2. The number of thioether (sulfide) groups is 1. The molecule has 3 amide bonds. The van der Waals surface area contributed by atoms with E-state index in [1.165, 1.54) is 16.7 Å². The molecule has 3 atom stereocenters. The third-order valence-corrected chi connectivity index (χ3v) is 8.37. The molecule has 2 aliphatic heterocycles. The van der Waals surface area contributed by atoms with Crippen molar-refractivity contribution >= 4 is 46.5 Å². The summed E-state index contributed by atoms with van der Waals surface area (Å²) >= 11 is 2.07. The number of amides is 3. The smallest absolute Gasteiger partial charge is 0.308 e. The molecule has 0 spiro atoms. The summed E-state index contributed by atoms with van der Waals surface area (Å²) in [6, 6.07) is 13.0. The van der Waals surface area contributed by atoms with E-state index in [1.54, 1.807) is 24.3 Å². The molecular formula is C23H18FN3O4S2. The molecule has 33 heavy (non-hydrogen) atoms. The predicted octanol–water partition coefficient (Wildman–Crippen LogP) is 2.87. The van der Waals surface area contributed by atoms with E-state index in [9.17, 15) is 23.6 Å². The fraction of sp³-hybridized carbons (Fsp3) is 0.217. The van der Waals surface area contributed by atoms with Crippen molar-refractivity contribution in [3.8, 4) is 0 Å². The zero-order valence-corrected chi connectivity index (χ0v) is 19.0. The number of imide groups is 1. The zero-order valence-electron chi connectivity index (χ0n) is 17.3. The molecule has 3 aromatic rings. The number of carbonyl (C=O) groups excluding carboxylic acids is 3. The van der Waals surface area contributed by atoms with Gasteiger partial charge in [0.05, 0.1) is 10.9 Å². The molecule has 0 aliphatic carbocycles. The minimum Gasteiger partial charge on any atom is -0.325 e. The van der Waals surface area contributed by atoms with Crippen molar-refractivity contribution in [3.05, 3.63) is 80.0 Å². The van der Waals surface area contributed by atoms with Gasteiger partial charge in [0, 0.05) is 16.5 Å². The van der Waals surface area contributed by atoms with Crippen LogP contribution in [0, 0.1) is 18.7 Å². The Balaban J connectivity index is 1.52. The van der Waals surface area contributed by atoms with Gasteiger partial charge in [-0.2, -0.15) is 0 Å². The van der Waals surface area contributed by atoms with E-state index in [1.807, 2.05) is 19.1 Å². The number of nitrogens with one attached hydrogen (secondary N) is 2. The largest absolute Gasteiger partial charge is 0.325 e. The van der Waals surface area contributed by atoms with Gasteiger partial charge in [-0.05, 0) is 36.8 Å². The molecular weight excluding hydrogens is 465 g/mol. The predicted molar refractivity (Wildman–Crippen MR) is 123 cm³/mol. The van der Waals surface area contributed by atoms with Crippen LogP contribution in [0.2, 0.25) is 0 Å². The highest BCUT2D eigenvalue weighted by Gasteiger charge is 2.52. The maximum absolute atomic E-state index is 13.5. The van der Waals surface area contributed by atoms with Crippen molar-refractivity contribution in [3.63, 3.8) is 0 Å². The standard InChI is InChI=1S/C23H18FN3O4S2/c1-11-2-8-14(9-3-11)25-15(28)10-27-22-19(33-23(27)31)16(12-4-6-13(24)7-5-12)17-18(32-22)21(30)26-20(17)29/h2-9,16-18H,10H2,1H3,(H,25,28)(H,26,29,30)/t16-,17?,18?/m0/s1. The van der Waals surface area contributed by atoms with Crippen LogP contribution >= 0.6 is 23.1 Å². The van der Waals surface area contributed by atoms with Gasteiger partial charge in [0.2, 0.25) is 17.7 Å². The summed E-state index contributed by atoms with van der Waals surface area (Å²) in [4.78, 5) is 50.9. The Morgan fingerprint density at radius 2 is 1.76 bits per heavy atom. The highest BCUT2D eigenvalue weighted by Crippen LogP contribution is 2.51. The third kappa shape index (κ3) is 3.89. The molecule has 168 valence electrons. The summed E-state index contributed by atoms with van der Waals surface area (Å²) in [5, 5.41) is 4.90. The number of carbonyl (C=O) groups is 3. The van der Waals surface area contributed by atoms with Gasteiger partial charge in [0.25, 0.3) is 0 Å². The Hall–Kier alpha value is -3.24. The summed E-state index contributed by atoms with van der Waals surface area (Å²) in [5.41, 5.74) is 2.30. The van der Waals surface area contributed by atoms with Crippen molar-refractivity contribution in [2.75, 3.05) is 5.32 Å². The van der Waals surface area contributed by atoms with E-state index in [0.29, 0.717) is 21.2 Å². The van der Waals surface area contributed by atoms with E-state index in [0.717, 1.165) is 28.7 Å². The molecule has 0 saturated carbocycles. The molecule has 2 unspecified atom stereocenters. The maximum atomic E-state index is 13.5. The van der Waals surface area contributed by atoms with E-state index in [2.05, 4.69) is 10.6 Å². The topological polar surface area (TPSA) is 97.3 Å². The van der Waals surface area contributed by atoms with Crippen LogP contribution in [0.4, 0.5) is 10.1 Å². The van der Waals surface area contributed by atoms with Crippen molar-refractivity contribution < 1.29 is 18.8 Å². The van der Waals surface area contributed by atoms with Crippen LogP contribution in [0.3, 0.4) is 0 Å². The number of thiazole rings is 1. The Morgan fingerprint density at radius 3 is 2.45 bits per heavy atom. The molecule has 2 N–H and O–H groups in total. The molecule has 10 heteroatoms. The molecule has 2 aliphatic rings. The first-order chi connectivity index (χ1) is 15.8. The lowest BCUT2D eigenvalue weighted by atomic mass is 9.83. The van der Waals surface area contributed by atoms with E-state index in [4.69, 9.17) is 0 Å². The summed E-state index contributed by atoms with van der Waals surface area (Å²) in [6.07, 6.45) is 0. The average Bonchev–Trinajstić information content (AvgIpc) is 3.24. The quantitative estimate of drug-likeness (QED) is 0.557. The number of hydrogen-bond donors (Lipinski definition) is 2. The summed E-state index contributed by atoms with van der Waals surface area (Å²) in [7, 11) is 0. The summed E-state index contributed by atoms with van der Waals surface area (Å²) in [5.74, 6) is -2.95. The average molecular weight is 484 g/mol. The molecule has 0 radical (unpaired) electrons. The van der Waals surface area contributed by atoms with Crippen LogP contribution in [0.25, 0.3) is 0 Å². The maximum Gasteiger partial charge on any atom is 0.308 e. The first-order valence-corrected chi connectivity index (χ1v) is 11.9. The highest BCUT2D eigenvalue weighted by atomic mass is 32.2. The van der Waals surface area contributed by atoms with Gasteiger partial charge < -0.3 is 5.32 Å². The Labute approximate surface area is 196 Å². The van der Waals surface area contributed by atoms with Gasteiger partial charge in [-0.15, -0.1) is 0 Å². The molecule has 1 fully saturated rings. The van der Waals surface area contributed by atoms with Crippen molar-refractivity contribution in [2.24, 2.45) is 5.92 Å². The van der Waals surface area contributed by atoms with Crippen LogP contribution in [0.15, 0.2) is 58.4 Å². The van der Waals surface area contributed by atoms with E-state index >= 15 is 0 Å². The minimum absolute atomic E-state index is 0.228. The SMILES string of the molecule is Cc1ccc(NC(=O)Cn2c3c(sc2=O)[C@@H](c2ccc(F)cc2)C2C(=O)NC(=O)C2S3)cc1. The second kappa shape index (κ2) is 8.27. The number of anilines is 1. The first kappa shape index (κ1) is 21.6. The van der Waals surface area contributed by atoms with Crippen molar-refractivity contribution in [2.45, 2.75) is 29.7 Å². The number of nitrogens with zero attached hydrogens (tertiary/aromatic N) is 1. The number of aryl methyl sites for hydroxylation is 1. The van der Waals surface area contributed by atoms with Crippen molar-refractivity contribution in [1.82, 2.24) is 9.88 Å². The number of hydrogen-bond acceptors (Lipinski definition) is 6. The van der Waals surface area contributed by atoms with Crippen LogP contribution in [0.5, 0.6) is 0 Å². The van der Waals surface area contributed by atoms with Gasteiger partial charge >= 0.3 is 4.87 Å². The summed E-state index contributed by atoms with van der Waals surface area (Å²) in [6.45, 7) is 1.71. The lowest BCUT2D eigenvalue weighted by molar-refractivity contribution is -0.126. The Kier molecular flexibility index (Phi) is 5.41. The fourth-order valence-electron chi connectivity index (χ4n) is 4.19. The molecule has 0 bridgehead atoms. The molecule has 1 saturated heterocycles. The molecule has 5 rings (SSSR count). The highest BCUT2D eigenvalue weighted by molar-refractivity contribution is 8.00. The second-order valence-electron chi connectivity index (χ2n) is 7.98. The molecule has 1 aromatic heterocycles. The zero-order chi connectivity index (χ0) is 23.3. The van der Waals surface area contributed by atoms with Gasteiger partial charge in [-0.1, -0.05) is 52.9 Å². The number of benzene rings is 2. The van der Waals surface area contributed by atoms with Crippen molar-refractivity contribution in [1.29, 1.82) is 0 Å². The Bertz CT molecular complexity index is 1330. The van der Waals surface area contributed by atoms with E-state index in [-0.39, 0.29) is 17.3 Å². The first-order valence-electron chi connectivity index (χ1n) is 10.2. The number of halogens is 1. The van der Waals surface area contributed by atoms with Crippen LogP contribution < -0.4 is 15.5 Å². The second-order valence-corrected chi connectivity index (χ2v) is 10.1. The van der Waals surface area contributed by atoms with E-state index < -0.39 is 34.7 Å². The lowest BCUT2D eigenvalue weighted by Gasteiger charge is -2.30. The molecule has 2 aromatic carbocycles. The monoisotopic (exact) mass is 483 g/mol. The van der Waals surface area contributed by atoms with Crippen LogP contribution in [0.1, 0.15) is 21.9 Å². The number of aromatic nitrogens is 1. The molecule has 3 heterocycles. The van der Waals surface area contributed by atoms with Crippen LogP contribution in [-0.2, 0) is 20.9 Å².